The summed E-state index contributed by atoms with van der Waals surface area (Å²) in [4.78, 5) is 3.28. The van der Waals surface area contributed by atoms with E-state index in [1.807, 2.05) is 0 Å². The summed E-state index contributed by atoms with van der Waals surface area (Å²) >= 11 is 0. The number of ether oxygens (including phenoxy) is 1. The van der Waals surface area contributed by atoms with E-state index in [-0.39, 0.29) is 0 Å². The molecule has 6 nitrogen and oxygen atoms in total. The zero-order chi connectivity index (χ0) is 12.5. The average Bonchev–Trinajstić information content (AvgIpc) is 2.14. The van der Waals surface area contributed by atoms with Crippen LogP contribution in [-0.2, 0) is 10.0 Å². The van der Waals surface area contributed by atoms with Crippen LogP contribution in [0.25, 0.3) is 0 Å². The number of nitrogen functional groups attached to an aromatic ring is 1. The molecule has 16 heavy (non-hydrogen) atoms. The molecule has 1 heterocycles. The number of halogens is 2. The van der Waals surface area contributed by atoms with Crippen LogP contribution in [-0.4, -0.2) is 20.5 Å². The summed E-state index contributed by atoms with van der Waals surface area (Å²) < 4.78 is 51.5. The summed E-state index contributed by atoms with van der Waals surface area (Å²) in [7, 11) is -3.08. The zero-order valence-electron chi connectivity index (χ0n) is 8.15. The van der Waals surface area contributed by atoms with Gasteiger partial charge in [0.15, 0.2) is 10.8 Å². The molecular formula is C7H9F2N3O3S. The van der Waals surface area contributed by atoms with Gasteiger partial charge in [0.05, 0.1) is 12.7 Å². The minimum atomic E-state index is -4.17. The molecule has 0 radical (unpaired) electrons. The fourth-order valence-electron chi connectivity index (χ4n) is 1.12. The van der Waals surface area contributed by atoms with E-state index < -0.39 is 38.5 Å². The summed E-state index contributed by atoms with van der Waals surface area (Å²) in [6.07, 6.45) is -2.21. The van der Waals surface area contributed by atoms with Gasteiger partial charge < -0.3 is 10.5 Å². The maximum absolute atomic E-state index is 12.5. The van der Waals surface area contributed by atoms with Gasteiger partial charge in [0.1, 0.15) is 5.69 Å². The van der Waals surface area contributed by atoms with Crippen LogP contribution in [0.2, 0.25) is 0 Å². The molecule has 0 fully saturated rings. The molecular weight excluding hydrogens is 244 g/mol. The number of alkyl halides is 2. The second kappa shape index (κ2) is 4.18. The van der Waals surface area contributed by atoms with E-state index in [4.69, 9.17) is 10.9 Å². The topological polar surface area (TPSA) is 108 Å². The Balaban J connectivity index is 3.53. The molecule has 9 heteroatoms. The second-order valence-electron chi connectivity index (χ2n) is 2.81. The molecule has 0 amide bonds. The fraction of sp³-hybridized carbons (Fsp3) is 0.286. The summed E-state index contributed by atoms with van der Waals surface area (Å²) in [5.74, 6) is -0.436. The molecule has 0 aliphatic heterocycles. The van der Waals surface area contributed by atoms with E-state index in [1.54, 1.807) is 0 Å². The smallest absolute Gasteiger partial charge is 0.268 e. The quantitative estimate of drug-likeness (QED) is 0.803. The number of methoxy groups -OCH3 is 1. The summed E-state index contributed by atoms with van der Waals surface area (Å²) in [5.41, 5.74) is 4.22. The lowest BCUT2D eigenvalue weighted by molar-refractivity contribution is 0.146. The molecule has 0 bridgehead atoms. The number of hydrogen-bond acceptors (Lipinski definition) is 5. The standard InChI is InChI=1S/C7H9F2N3O3S/c1-15-5-3(6(8)9)2-12-7(4(5)10)16(11,13)14/h2,6H,10H2,1H3,(H2,11,13,14). The maximum Gasteiger partial charge on any atom is 0.268 e. The van der Waals surface area contributed by atoms with Gasteiger partial charge in [-0.15, -0.1) is 0 Å². The molecule has 0 aliphatic rings. The van der Waals surface area contributed by atoms with Crippen molar-refractivity contribution in [3.8, 4) is 5.75 Å². The number of primary sulfonamides is 1. The van der Waals surface area contributed by atoms with Crippen molar-refractivity contribution in [1.82, 2.24) is 4.98 Å². The molecule has 0 unspecified atom stereocenters. The van der Waals surface area contributed by atoms with Crippen molar-refractivity contribution in [3.63, 3.8) is 0 Å². The first-order chi connectivity index (χ1) is 7.29. The van der Waals surface area contributed by atoms with E-state index in [1.165, 1.54) is 0 Å². The lowest BCUT2D eigenvalue weighted by Crippen LogP contribution is -2.17. The number of nitrogens with zero attached hydrogens (tertiary/aromatic N) is 1. The molecule has 0 atom stereocenters. The SMILES string of the molecule is COc1c(C(F)F)cnc(S(N)(=O)=O)c1N. The number of pyridine rings is 1. The van der Waals surface area contributed by atoms with Gasteiger partial charge in [-0.1, -0.05) is 0 Å². The fourth-order valence-corrected chi connectivity index (χ4v) is 1.72. The van der Waals surface area contributed by atoms with Crippen LogP contribution < -0.4 is 15.6 Å². The van der Waals surface area contributed by atoms with Gasteiger partial charge in [-0.3, -0.25) is 0 Å². The van der Waals surface area contributed by atoms with Crippen LogP contribution in [0, 0.1) is 0 Å². The monoisotopic (exact) mass is 253 g/mol. The molecule has 0 saturated heterocycles. The Labute approximate surface area is 90.3 Å². The van der Waals surface area contributed by atoms with E-state index in [0.29, 0.717) is 6.20 Å². The Kier molecular flexibility index (Phi) is 3.29. The molecule has 1 aromatic rings. The minimum absolute atomic E-state index is 0.436. The van der Waals surface area contributed by atoms with Crippen molar-refractivity contribution in [2.45, 2.75) is 11.5 Å². The highest BCUT2D eigenvalue weighted by Crippen LogP contribution is 2.35. The van der Waals surface area contributed by atoms with Crippen molar-refractivity contribution in [3.05, 3.63) is 11.8 Å². The lowest BCUT2D eigenvalue weighted by atomic mass is 10.2. The molecule has 0 spiro atoms. The summed E-state index contributed by atoms with van der Waals surface area (Å²) in [6.45, 7) is 0. The molecule has 1 aromatic heterocycles. The van der Waals surface area contributed by atoms with E-state index in [0.717, 1.165) is 7.11 Å². The van der Waals surface area contributed by atoms with E-state index in [2.05, 4.69) is 9.72 Å². The first-order valence-electron chi connectivity index (χ1n) is 3.92. The van der Waals surface area contributed by atoms with Gasteiger partial charge in [-0.05, 0) is 0 Å². The third kappa shape index (κ3) is 2.19. The third-order valence-electron chi connectivity index (χ3n) is 1.77. The summed E-state index contributed by atoms with van der Waals surface area (Å²) in [5, 5.41) is 4.11. The van der Waals surface area contributed by atoms with Crippen LogP contribution in [0.4, 0.5) is 14.5 Å². The van der Waals surface area contributed by atoms with Crippen LogP contribution >= 0.6 is 0 Å². The third-order valence-corrected chi connectivity index (χ3v) is 2.63. The van der Waals surface area contributed by atoms with Gasteiger partial charge in [0, 0.05) is 6.20 Å². The molecule has 0 saturated carbocycles. The Morgan fingerprint density at radius 3 is 2.44 bits per heavy atom. The highest BCUT2D eigenvalue weighted by molar-refractivity contribution is 7.89. The molecule has 0 aliphatic carbocycles. The van der Waals surface area contributed by atoms with Gasteiger partial charge in [-0.25, -0.2) is 27.3 Å². The second-order valence-corrected chi connectivity index (χ2v) is 4.29. The van der Waals surface area contributed by atoms with Crippen LogP contribution in [0.15, 0.2) is 11.2 Å². The van der Waals surface area contributed by atoms with Crippen molar-refractivity contribution >= 4 is 15.7 Å². The largest absolute Gasteiger partial charge is 0.494 e. The number of nitrogens with two attached hydrogens (primary N) is 2. The Bertz CT molecular complexity index is 504. The van der Waals surface area contributed by atoms with Gasteiger partial charge in [0.2, 0.25) is 0 Å². The highest BCUT2D eigenvalue weighted by Gasteiger charge is 2.24. The normalized spacial score (nSPS) is 11.8. The van der Waals surface area contributed by atoms with Crippen molar-refractivity contribution in [2.24, 2.45) is 5.14 Å². The minimum Gasteiger partial charge on any atom is -0.494 e. The van der Waals surface area contributed by atoms with Gasteiger partial charge in [0.25, 0.3) is 16.4 Å². The van der Waals surface area contributed by atoms with Crippen molar-refractivity contribution in [2.75, 3.05) is 12.8 Å². The number of rotatable bonds is 3. The van der Waals surface area contributed by atoms with Crippen LogP contribution in [0.3, 0.4) is 0 Å². The van der Waals surface area contributed by atoms with Crippen LogP contribution in [0.5, 0.6) is 5.75 Å². The first kappa shape index (κ1) is 12.6. The van der Waals surface area contributed by atoms with Crippen molar-refractivity contribution < 1.29 is 21.9 Å². The van der Waals surface area contributed by atoms with Crippen LogP contribution in [0.1, 0.15) is 12.0 Å². The van der Waals surface area contributed by atoms with E-state index in [9.17, 15) is 17.2 Å². The molecule has 1 rings (SSSR count). The molecule has 4 N–H and O–H groups in total. The van der Waals surface area contributed by atoms with Gasteiger partial charge >= 0.3 is 0 Å². The number of sulfonamides is 1. The Morgan fingerprint density at radius 1 is 1.50 bits per heavy atom. The molecule has 90 valence electrons. The number of hydrogen-bond donors (Lipinski definition) is 2. The first-order valence-corrected chi connectivity index (χ1v) is 5.47. The van der Waals surface area contributed by atoms with Crippen molar-refractivity contribution in [1.29, 1.82) is 0 Å². The van der Waals surface area contributed by atoms with Gasteiger partial charge in [-0.2, -0.15) is 0 Å². The lowest BCUT2D eigenvalue weighted by Gasteiger charge is -2.12. The zero-order valence-corrected chi connectivity index (χ0v) is 8.96. The average molecular weight is 253 g/mol. The maximum atomic E-state index is 12.5. The van der Waals surface area contributed by atoms with E-state index >= 15 is 0 Å². The summed E-state index contributed by atoms with van der Waals surface area (Å²) in [6, 6.07) is 0. The predicted octanol–water partition coefficient (Wildman–Crippen LogP) is 0.257. The Morgan fingerprint density at radius 2 is 2.06 bits per heavy atom. The molecule has 0 aromatic carbocycles. The Hall–Kier alpha value is -1.48. The number of aromatic nitrogens is 1. The predicted molar refractivity (Wildman–Crippen MR) is 51.5 cm³/mol. The number of anilines is 1. The highest BCUT2D eigenvalue weighted by atomic mass is 32.2.